The maximum Gasteiger partial charge on any atom is 0.339 e. The summed E-state index contributed by atoms with van der Waals surface area (Å²) in [6.07, 6.45) is 8.28. The first-order valence-electron chi connectivity index (χ1n) is 6.28. The van der Waals surface area contributed by atoms with Gasteiger partial charge >= 0.3 is 5.97 Å². The van der Waals surface area contributed by atoms with Crippen molar-refractivity contribution in [1.29, 1.82) is 0 Å². The molecular formula is C13H17BrN2O2S. The molecule has 0 saturated heterocycles. The van der Waals surface area contributed by atoms with Gasteiger partial charge in [-0.15, -0.1) is 0 Å². The summed E-state index contributed by atoms with van der Waals surface area (Å²) in [5.41, 5.74) is 0.223. The van der Waals surface area contributed by atoms with Gasteiger partial charge < -0.3 is 10.4 Å². The van der Waals surface area contributed by atoms with E-state index in [9.17, 15) is 9.90 Å². The molecule has 0 unspecified atom stereocenters. The average Bonchev–Trinajstić information content (AvgIpc) is 2.41. The molecule has 1 aliphatic carbocycles. The van der Waals surface area contributed by atoms with Gasteiger partial charge in [0.15, 0.2) is 0 Å². The molecule has 0 atom stereocenters. The van der Waals surface area contributed by atoms with Gasteiger partial charge in [-0.05, 0) is 53.9 Å². The summed E-state index contributed by atoms with van der Waals surface area (Å²) < 4.78 is 0.682. The number of anilines is 1. The Bertz CT molecular complexity index is 462. The second-order valence-corrected chi connectivity index (χ2v) is 6.76. The molecule has 4 nitrogen and oxygen atoms in total. The molecule has 0 spiro atoms. The number of carboxylic acid groups (broad SMARTS) is 1. The van der Waals surface area contributed by atoms with Gasteiger partial charge in [-0.3, -0.25) is 0 Å². The van der Waals surface area contributed by atoms with Gasteiger partial charge in [0, 0.05) is 22.0 Å². The molecule has 1 aliphatic rings. The van der Waals surface area contributed by atoms with Gasteiger partial charge in [0.05, 0.1) is 0 Å². The van der Waals surface area contributed by atoms with Crippen molar-refractivity contribution in [3.8, 4) is 0 Å². The summed E-state index contributed by atoms with van der Waals surface area (Å²) in [6, 6.07) is 1.92. The minimum atomic E-state index is -0.950. The lowest BCUT2D eigenvalue weighted by molar-refractivity contribution is 0.0697. The van der Waals surface area contributed by atoms with Crippen molar-refractivity contribution in [2.24, 2.45) is 0 Å². The summed E-state index contributed by atoms with van der Waals surface area (Å²) >= 11 is 5.17. The van der Waals surface area contributed by atoms with E-state index in [-0.39, 0.29) is 5.56 Å². The van der Waals surface area contributed by atoms with E-state index in [0.717, 1.165) is 18.1 Å². The lowest BCUT2D eigenvalue weighted by atomic mass is 9.95. The van der Waals surface area contributed by atoms with E-state index in [1.54, 1.807) is 12.3 Å². The molecule has 1 fully saturated rings. The quantitative estimate of drug-likeness (QED) is 0.873. The van der Waals surface area contributed by atoms with Crippen molar-refractivity contribution in [1.82, 2.24) is 4.98 Å². The lowest BCUT2D eigenvalue weighted by Crippen LogP contribution is -2.28. The number of halogens is 1. The molecule has 1 aromatic heterocycles. The highest BCUT2D eigenvalue weighted by atomic mass is 79.9. The van der Waals surface area contributed by atoms with Gasteiger partial charge in [0.1, 0.15) is 11.4 Å². The van der Waals surface area contributed by atoms with Crippen LogP contribution in [0.25, 0.3) is 0 Å². The van der Waals surface area contributed by atoms with Crippen LogP contribution in [0.5, 0.6) is 0 Å². The van der Waals surface area contributed by atoms with E-state index in [4.69, 9.17) is 0 Å². The monoisotopic (exact) mass is 344 g/mol. The number of carboxylic acids is 1. The van der Waals surface area contributed by atoms with Gasteiger partial charge in [0.2, 0.25) is 0 Å². The van der Waals surface area contributed by atoms with Gasteiger partial charge in [0.25, 0.3) is 0 Å². The first-order chi connectivity index (χ1) is 9.10. The number of nitrogens with zero attached hydrogens (tertiary/aromatic N) is 1. The van der Waals surface area contributed by atoms with Gasteiger partial charge in [-0.2, -0.15) is 11.8 Å². The van der Waals surface area contributed by atoms with E-state index in [1.807, 2.05) is 11.8 Å². The minimum absolute atomic E-state index is 0.223. The normalized spacial score (nSPS) is 23.1. The molecule has 104 valence electrons. The molecule has 0 bridgehead atoms. The van der Waals surface area contributed by atoms with Crippen LogP contribution < -0.4 is 5.32 Å². The van der Waals surface area contributed by atoms with Crippen LogP contribution in [0.4, 0.5) is 5.82 Å². The van der Waals surface area contributed by atoms with Crippen molar-refractivity contribution < 1.29 is 9.90 Å². The fourth-order valence-electron chi connectivity index (χ4n) is 2.35. The van der Waals surface area contributed by atoms with E-state index >= 15 is 0 Å². The smallest absolute Gasteiger partial charge is 0.339 e. The molecule has 19 heavy (non-hydrogen) atoms. The maximum absolute atomic E-state index is 11.2. The predicted molar refractivity (Wildman–Crippen MR) is 82.1 cm³/mol. The molecular weight excluding hydrogens is 328 g/mol. The number of hydrogen-bond acceptors (Lipinski definition) is 4. The number of hydrogen-bond donors (Lipinski definition) is 2. The number of aromatic nitrogens is 1. The zero-order valence-electron chi connectivity index (χ0n) is 10.7. The standard InChI is InChI=1S/C13H17BrN2O2S/c1-19-10-4-2-9(3-5-10)16-12-11(13(17)18)6-8(14)7-15-12/h6-7,9-10H,2-5H2,1H3,(H,15,16)(H,17,18). The van der Waals surface area contributed by atoms with Crippen molar-refractivity contribution >= 4 is 39.5 Å². The van der Waals surface area contributed by atoms with Crippen molar-refractivity contribution in [2.75, 3.05) is 11.6 Å². The Morgan fingerprint density at radius 2 is 2.16 bits per heavy atom. The third-order valence-corrected chi connectivity index (χ3v) is 5.00. The third-order valence-electron chi connectivity index (χ3n) is 3.43. The summed E-state index contributed by atoms with van der Waals surface area (Å²) in [4.78, 5) is 15.4. The molecule has 0 amide bonds. The number of thioether (sulfide) groups is 1. The van der Waals surface area contributed by atoms with Crippen LogP contribution in [0.3, 0.4) is 0 Å². The first kappa shape index (κ1) is 14.7. The number of rotatable bonds is 4. The van der Waals surface area contributed by atoms with E-state index in [1.165, 1.54) is 12.8 Å². The van der Waals surface area contributed by atoms with Crippen LogP contribution in [0, 0.1) is 0 Å². The van der Waals surface area contributed by atoms with Gasteiger partial charge in [-0.1, -0.05) is 0 Å². The van der Waals surface area contributed by atoms with Crippen molar-refractivity contribution in [3.05, 3.63) is 22.3 Å². The van der Waals surface area contributed by atoms with Gasteiger partial charge in [-0.25, -0.2) is 9.78 Å². The Labute approximate surface area is 125 Å². The van der Waals surface area contributed by atoms with Crippen LogP contribution in [-0.2, 0) is 0 Å². The van der Waals surface area contributed by atoms with Crippen LogP contribution in [0.1, 0.15) is 36.0 Å². The fraction of sp³-hybridized carbons (Fsp3) is 0.538. The second kappa shape index (κ2) is 6.61. The van der Waals surface area contributed by atoms with E-state index in [2.05, 4.69) is 32.5 Å². The van der Waals surface area contributed by atoms with Crippen LogP contribution in [0.2, 0.25) is 0 Å². The Morgan fingerprint density at radius 1 is 1.47 bits per heavy atom. The molecule has 0 aromatic carbocycles. The fourth-order valence-corrected chi connectivity index (χ4v) is 3.43. The molecule has 1 aromatic rings. The summed E-state index contributed by atoms with van der Waals surface area (Å²) in [5.74, 6) is -0.475. The number of carbonyl (C=O) groups is 1. The largest absolute Gasteiger partial charge is 0.478 e. The number of nitrogens with one attached hydrogen (secondary N) is 1. The maximum atomic E-state index is 11.2. The van der Waals surface area contributed by atoms with Crippen LogP contribution >= 0.6 is 27.7 Å². The Balaban J connectivity index is 2.05. The highest BCUT2D eigenvalue weighted by Crippen LogP contribution is 2.29. The highest BCUT2D eigenvalue weighted by Gasteiger charge is 2.22. The summed E-state index contributed by atoms with van der Waals surface area (Å²) in [6.45, 7) is 0. The molecule has 2 N–H and O–H groups in total. The SMILES string of the molecule is CSC1CCC(Nc2ncc(Br)cc2C(=O)O)CC1. The first-order valence-corrected chi connectivity index (χ1v) is 8.36. The van der Waals surface area contributed by atoms with E-state index < -0.39 is 5.97 Å². The summed E-state index contributed by atoms with van der Waals surface area (Å²) in [7, 11) is 0. The Morgan fingerprint density at radius 3 is 2.74 bits per heavy atom. The van der Waals surface area contributed by atoms with Crippen LogP contribution in [0.15, 0.2) is 16.7 Å². The highest BCUT2D eigenvalue weighted by molar-refractivity contribution is 9.10. The molecule has 1 heterocycles. The zero-order valence-corrected chi connectivity index (χ0v) is 13.1. The Hall–Kier alpha value is -0.750. The minimum Gasteiger partial charge on any atom is -0.478 e. The summed E-state index contributed by atoms with van der Waals surface area (Å²) in [5, 5.41) is 13.2. The number of aromatic carboxylic acids is 1. The van der Waals surface area contributed by atoms with E-state index in [0.29, 0.717) is 16.3 Å². The Kier molecular flexibility index (Phi) is 5.10. The molecule has 0 aliphatic heterocycles. The molecule has 1 saturated carbocycles. The third kappa shape index (κ3) is 3.86. The molecule has 0 radical (unpaired) electrons. The predicted octanol–water partition coefficient (Wildman–Crippen LogP) is 3.63. The van der Waals surface area contributed by atoms with Crippen LogP contribution in [-0.4, -0.2) is 33.6 Å². The topological polar surface area (TPSA) is 62.2 Å². The lowest BCUT2D eigenvalue weighted by Gasteiger charge is -2.28. The number of pyridine rings is 1. The van der Waals surface area contributed by atoms with Crippen molar-refractivity contribution in [3.63, 3.8) is 0 Å². The molecule has 2 rings (SSSR count). The van der Waals surface area contributed by atoms with Crippen molar-refractivity contribution in [2.45, 2.75) is 37.0 Å². The average molecular weight is 345 g/mol. The molecule has 6 heteroatoms. The zero-order chi connectivity index (χ0) is 13.8. The second-order valence-electron chi connectivity index (χ2n) is 4.71.